The van der Waals surface area contributed by atoms with Crippen LogP contribution in [0.3, 0.4) is 0 Å². The number of hydrogen-bond donors (Lipinski definition) is 2. The van der Waals surface area contributed by atoms with Gasteiger partial charge in [-0.2, -0.15) is 0 Å². The molecule has 2 rings (SSSR count). The van der Waals surface area contributed by atoms with Gasteiger partial charge in [0.1, 0.15) is 5.75 Å². The number of methoxy groups -OCH3 is 1. The first-order valence-electron chi connectivity index (χ1n) is 7.97. The summed E-state index contributed by atoms with van der Waals surface area (Å²) in [4.78, 5) is 4.49. The highest BCUT2D eigenvalue weighted by Crippen LogP contribution is 2.27. The molecule has 120 valence electrons. The molecule has 0 saturated carbocycles. The van der Waals surface area contributed by atoms with Gasteiger partial charge in [0.25, 0.3) is 0 Å². The zero-order chi connectivity index (χ0) is 16.0. The van der Waals surface area contributed by atoms with Crippen LogP contribution >= 0.6 is 0 Å². The van der Waals surface area contributed by atoms with E-state index >= 15 is 0 Å². The summed E-state index contributed by atoms with van der Waals surface area (Å²) in [5.41, 5.74) is 2.02. The lowest BCUT2D eigenvalue weighted by atomic mass is 10.0. The zero-order valence-corrected chi connectivity index (χ0v) is 14.1. The van der Waals surface area contributed by atoms with Crippen LogP contribution < -0.4 is 15.4 Å². The van der Waals surface area contributed by atoms with Gasteiger partial charge in [-0.1, -0.05) is 19.4 Å². The van der Waals surface area contributed by atoms with Gasteiger partial charge in [0.2, 0.25) is 0 Å². The summed E-state index contributed by atoms with van der Waals surface area (Å²) in [6.45, 7) is 8.51. The van der Waals surface area contributed by atoms with Crippen molar-refractivity contribution >= 4 is 16.6 Å². The van der Waals surface area contributed by atoms with E-state index in [1.165, 1.54) is 12.8 Å². The van der Waals surface area contributed by atoms with Crippen LogP contribution in [-0.4, -0.2) is 30.7 Å². The molecule has 0 atom stereocenters. The first kappa shape index (κ1) is 16.6. The van der Waals surface area contributed by atoms with Gasteiger partial charge in [-0.25, -0.2) is 0 Å². The van der Waals surface area contributed by atoms with Gasteiger partial charge in [-0.05, 0) is 38.9 Å². The smallest absolute Gasteiger partial charge is 0.121 e. The molecular weight excluding hydrogens is 274 g/mol. The van der Waals surface area contributed by atoms with E-state index in [9.17, 15) is 0 Å². The highest BCUT2D eigenvalue weighted by atomic mass is 16.5. The van der Waals surface area contributed by atoms with E-state index in [1.54, 1.807) is 7.11 Å². The normalized spacial score (nSPS) is 11.6. The van der Waals surface area contributed by atoms with Crippen molar-refractivity contribution in [1.29, 1.82) is 0 Å². The topological polar surface area (TPSA) is 46.2 Å². The molecule has 0 bridgehead atoms. The van der Waals surface area contributed by atoms with E-state index < -0.39 is 0 Å². The molecule has 0 saturated heterocycles. The number of anilines is 1. The molecule has 0 spiro atoms. The molecule has 0 aliphatic rings. The third-order valence-corrected chi connectivity index (χ3v) is 3.77. The number of aromatic nitrogens is 1. The summed E-state index contributed by atoms with van der Waals surface area (Å²) in [7, 11) is 1.69. The van der Waals surface area contributed by atoms with Crippen LogP contribution in [-0.2, 0) is 0 Å². The minimum absolute atomic E-state index is 0.0271. The Bertz CT molecular complexity index is 610. The highest BCUT2D eigenvalue weighted by molar-refractivity contribution is 5.91. The average Bonchev–Trinajstić information content (AvgIpc) is 2.52. The Labute approximate surface area is 133 Å². The monoisotopic (exact) mass is 301 g/mol. The van der Waals surface area contributed by atoms with E-state index in [2.05, 4.69) is 42.5 Å². The minimum Gasteiger partial charge on any atom is -0.497 e. The van der Waals surface area contributed by atoms with Crippen molar-refractivity contribution in [2.75, 3.05) is 25.5 Å². The molecule has 0 radical (unpaired) electrons. The van der Waals surface area contributed by atoms with Gasteiger partial charge >= 0.3 is 0 Å². The molecule has 4 heteroatoms. The van der Waals surface area contributed by atoms with Crippen molar-refractivity contribution in [3.8, 4) is 5.75 Å². The average molecular weight is 301 g/mol. The first-order chi connectivity index (χ1) is 10.6. The molecule has 1 aromatic carbocycles. The molecule has 0 fully saturated rings. The van der Waals surface area contributed by atoms with Crippen molar-refractivity contribution in [2.45, 2.75) is 39.2 Å². The number of pyridine rings is 1. The van der Waals surface area contributed by atoms with Crippen LogP contribution in [0.15, 0.2) is 30.5 Å². The first-order valence-corrected chi connectivity index (χ1v) is 7.97. The van der Waals surface area contributed by atoms with Gasteiger partial charge in [-0.15, -0.1) is 0 Å². The summed E-state index contributed by atoms with van der Waals surface area (Å²) >= 11 is 0. The maximum Gasteiger partial charge on any atom is 0.121 e. The molecule has 0 unspecified atom stereocenters. The Hall–Kier alpha value is -1.81. The fraction of sp³-hybridized carbons (Fsp3) is 0.500. The predicted molar refractivity (Wildman–Crippen MR) is 93.8 cm³/mol. The van der Waals surface area contributed by atoms with Crippen molar-refractivity contribution in [2.24, 2.45) is 0 Å². The van der Waals surface area contributed by atoms with E-state index in [0.717, 1.165) is 35.4 Å². The van der Waals surface area contributed by atoms with E-state index in [-0.39, 0.29) is 5.54 Å². The lowest BCUT2D eigenvalue weighted by Crippen LogP contribution is -2.45. The fourth-order valence-electron chi connectivity index (χ4n) is 2.40. The van der Waals surface area contributed by atoms with Crippen molar-refractivity contribution in [3.63, 3.8) is 0 Å². The summed E-state index contributed by atoms with van der Waals surface area (Å²) in [6, 6.07) is 8.03. The van der Waals surface area contributed by atoms with Crippen LogP contribution in [0, 0.1) is 0 Å². The summed E-state index contributed by atoms with van der Waals surface area (Å²) in [5.74, 6) is 0.847. The van der Waals surface area contributed by atoms with E-state index in [4.69, 9.17) is 4.74 Å². The number of benzene rings is 1. The molecule has 0 amide bonds. The second-order valence-corrected chi connectivity index (χ2v) is 6.27. The maximum absolute atomic E-state index is 5.39. The summed E-state index contributed by atoms with van der Waals surface area (Å²) in [6.07, 6.45) is 4.23. The maximum atomic E-state index is 5.39. The number of hydrogen-bond acceptors (Lipinski definition) is 4. The van der Waals surface area contributed by atoms with Crippen LogP contribution in [0.5, 0.6) is 5.75 Å². The number of rotatable bonds is 8. The number of fused-ring (bicyclic) bond motifs is 1. The van der Waals surface area contributed by atoms with Gasteiger partial charge in [0, 0.05) is 29.7 Å². The summed E-state index contributed by atoms with van der Waals surface area (Å²) in [5, 5.41) is 8.20. The Morgan fingerprint density at radius 1 is 1.27 bits per heavy atom. The largest absolute Gasteiger partial charge is 0.497 e. The minimum atomic E-state index is 0.0271. The Morgan fingerprint density at radius 2 is 2.09 bits per heavy atom. The second-order valence-electron chi connectivity index (χ2n) is 6.27. The number of ether oxygens (including phenoxy) is 1. The van der Waals surface area contributed by atoms with Crippen LogP contribution in [0.4, 0.5) is 5.69 Å². The zero-order valence-electron chi connectivity index (χ0n) is 14.1. The third kappa shape index (κ3) is 4.34. The lowest BCUT2D eigenvalue weighted by Gasteiger charge is -2.27. The number of unbranched alkanes of at least 4 members (excludes halogenated alkanes) is 1. The highest BCUT2D eigenvalue weighted by Gasteiger charge is 2.17. The van der Waals surface area contributed by atoms with Crippen LogP contribution in [0.2, 0.25) is 0 Å². The molecule has 1 heterocycles. The second kappa shape index (κ2) is 7.45. The van der Waals surface area contributed by atoms with Gasteiger partial charge in [-0.3, -0.25) is 4.98 Å². The Balaban J connectivity index is 2.13. The molecular formula is C18H27N3O. The van der Waals surface area contributed by atoms with Gasteiger partial charge < -0.3 is 15.4 Å². The quantitative estimate of drug-likeness (QED) is 0.728. The fourth-order valence-corrected chi connectivity index (χ4v) is 2.40. The number of nitrogens with zero attached hydrogens (tertiary/aromatic N) is 1. The van der Waals surface area contributed by atoms with Crippen molar-refractivity contribution in [1.82, 2.24) is 10.3 Å². The standard InChI is InChI=1S/C18H27N3O/c1-5-6-10-21-18(2,3)13-20-16-12-15(22-4)11-14-8-7-9-19-17(14)16/h7-9,11-12,20-21H,5-6,10,13H2,1-4H3. The van der Waals surface area contributed by atoms with Crippen LogP contribution in [0.1, 0.15) is 33.6 Å². The summed E-state index contributed by atoms with van der Waals surface area (Å²) < 4.78 is 5.39. The van der Waals surface area contributed by atoms with Gasteiger partial charge in [0.05, 0.1) is 18.3 Å². The molecule has 4 nitrogen and oxygen atoms in total. The molecule has 1 aromatic heterocycles. The van der Waals surface area contributed by atoms with Crippen molar-refractivity contribution < 1.29 is 4.74 Å². The molecule has 2 N–H and O–H groups in total. The predicted octanol–water partition coefficient (Wildman–Crippen LogP) is 3.82. The lowest BCUT2D eigenvalue weighted by molar-refractivity contribution is 0.404. The Morgan fingerprint density at radius 3 is 2.82 bits per heavy atom. The van der Waals surface area contributed by atoms with Crippen LogP contribution in [0.25, 0.3) is 10.9 Å². The molecule has 2 aromatic rings. The SMILES string of the molecule is CCCCNC(C)(C)CNc1cc(OC)cc2cccnc12. The number of nitrogens with one attached hydrogen (secondary N) is 2. The molecule has 22 heavy (non-hydrogen) atoms. The van der Waals surface area contributed by atoms with E-state index in [0.29, 0.717) is 0 Å². The van der Waals surface area contributed by atoms with Gasteiger partial charge in [0.15, 0.2) is 0 Å². The van der Waals surface area contributed by atoms with Crippen molar-refractivity contribution in [3.05, 3.63) is 30.5 Å². The third-order valence-electron chi connectivity index (χ3n) is 3.77. The van der Waals surface area contributed by atoms with E-state index in [1.807, 2.05) is 24.4 Å². The molecule has 0 aliphatic carbocycles. The Kier molecular flexibility index (Phi) is 5.61. The molecule has 0 aliphatic heterocycles.